The van der Waals surface area contributed by atoms with Gasteiger partial charge in [-0.3, -0.25) is 4.79 Å². The van der Waals surface area contributed by atoms with Gasteiger partial charge < -0.3 is 10.2 Å². The molecule has 0 saturated carbocycles. The second-order valence-electron chi connectivity index (χ2n) is 5.73. The van der Waals surface area contributed by atoms with Gasteiger partial charge in [0, 0.05) is 18.4 Å². The van der Waals surface area contributed by atoms with Crippen LogP contribution in [0.25, 0.3) is 5.52 Å². The number of nitrogens with one attached hydrogen (secondary N) is 1. The molecule has 0 bridgehead atoms. The Bertz CT molecular complexity index is 658. The number of hydrogen-bond donors (Lipinski definition) is 1. The first-order valence-electron chi connectivity index (χ1n) is 7.11. The predicted molar refractivity (Wildman–Crippen MR) is 74.5 cm³/mol. The number of pyridine rings is 1. The number of piperidine rings is 1. The Kier molecular flexibility index (Phi) is 2.53. The average Bonchev–Trinajstić information content (AvgIpc) is 3.06. The summed E-state index contributed by atoms with van der Waals surface area (Å²) in [7, 11) is 0. The van der Waals surface area contributed by atoms with Gasteiger partial charge in [0.1, 0.15) is 0 Å². The number of rotatable bonds is 1. The van der Waals surface area contributed by atoms with Gasteiger partial charge in [-0.25, -0.2) is 4.52 Å². The number of fused-ring (bicyclic) bond motifs is 1. The maximum atomic E-state index is 12.8. The van der Waals surface area contributed by atoms with Gasteiger partial charge in [0.15, 0.2) is 0 Å². The normalized spacial score (nSPS) is 22.0. The molecule has 0 aromatic carbocycles. The van der Waals surface area contributed by atoms with Crippen molar-refractivity contribution >= 4 is 17.1 Å². The summed E-state index contributed by atoms with van der Waals surface area (Å²) in [6.45, 7) is 2.72. The van der Waals surface area contributed by atoms with Gasteiger partial charge in [-0.1, -0.05) is 5.21 Å². The molecule has 2 aromatic rings. The molecule has 0 radical (unpaired) electrons. The van der Waals surface area contributed by atoms with Gasteiger partial charge >= 0.3 is 0 Å². The van der Waals surface area contributed by atoms with Crippen molar-refractivity contribution in [2.45, 2.75) is 19.3 Å². The molecule has 4 heterocycles. The fourth-order valence-electron chi connectivity index (χ4n) is 3.42. The van der Waals surface area contributed by atoms with E-state index in [1.807, 2.05) is 23.2 Å². The van der Waals surface area contributed by atoms with Crippen LogP contribution in [0, 0.1) is 5.41 Å². The largest absolute Gasteiger partial charge is 0.317 e. The molecular weight excluding hydrogens is 254 g/mol. The third kappa shape index (κ3) is 1.64. The first kappa shape index (κ1) is 11.8. The Balaban J connectivity index is 1.67. The van der Waals surface area contributed by atoms with Crippen molar-refractivity contribution in [3.8, 4) is 0 Å². The average molecular weight is 271 g/mol. The van der Waals surface area contributed by atoms with E-state index in [2.05, 4.69) is 15.6 Å². The molecule has 1 amide bonds. The predicted octanol–water partition coefficient (Wildman–Crippen LogP) is 0.836. The van der Waals surface area contributed by atoms with Gasteiger partial charge in [0.05, 0.1) is 17.1 Å². The molecule has 2 aromatic heterocycles. The van der Waals surface area contributed by atoms with Crippen LogP contribution >= 0.6 is 0 Å². The molecule has 0 aliphatic carbocycles. The van der Waals surface area contributed by atoms with E-state index < -0.39 is 0 Å². The van der Waals surface area contributed by atoms with Gasteiger partial charge in [-0.05, 0) is 44.5 Å². The molecule has 2 fully saturated rings. The van der Waals surface area contributed by atoms with Crippen LogP contribution in [0.5, 0.6) is 0 Å². The molecule has 6 nitrogen and oxygen atoms in total. The lowest BCUT2D eigenvalue weighted by Crippen LogP contribution is -2.42. The summed E-state index contributed by atoms with van der Waals surface area (Å²) in [4.78, 5) is 14.7. The monoisotopic (exact) mass is 271 g/mol. The summed E-state index contributed by atoms with van der Waals surface area (Å²) in [5.74, 6) is 0.288. The van der Waals surface area contributed by atoms with Crippen LogP contribution in [-0.4, -0.2) is 40.4 Å². The molecule has 1 N–H and O–H groups in total. The van der Waals surface area contributed by atoms with E-state index in [1.54, 1.807) is 10.7 Å². The van der Waals surface area contributed by atoms with E-state index >= 15 is 0 Å². The lowest BCUT2D eigenvalue weighted by Gasteiger charge is -2.32. The van der Waals surface area contributed by atoms with E-state index in [1.165, 1.54) is 0 Å². The van der Waals surface area contributed by atoms with Gasteiger partial charge in [0.2, 0.25) is 5.91 Å². The molecule has 2 aliphatic rings. The lowest BCUT2D eigenvalue weighted by molar-refractivity contribution is -0.126. The van der Waals surface area contributed by atoms with Gasteiger partial charge in [-0.15, -0.1) is 5.10 Å². The van der Waals surface area contributed by atoms with E-state index in [9.17, 15) is 4.79 Å². The third-order valence-corrected chi connectivity index (χ3v) is 4.67. The number of hydrogen-bond acceptors (Lipinski definition) is 4. The minimum absolute atomic E-state index is 0.129. The first-order chi connectivity index (χ1) is 9.78. The summed E-state index contributed by atoms with van der Waals surface area (Å²) in [5, 5.41) is 11.2. The number of nitrogens with zero attached hydrogens (tertiary/aromatic N) is 4. The quantitative estimate of drug-likeness (QED) is 0.834. The summed E-state index contributed by atoms with van der Waals surface area (Å²) < 4.78 is 1.71. The number of anilines is 1. The van der Waals surface area contributed by atoms with Gasteiger partial charge in [0.25, 0.3) is 0 Å². The van der Waals surface area contributed by atoms with Crippen LogP contribution in [0.15, 0.2) is 24.5 Å². The zero-order chi connectivity index (χ0) is 13.6. The molecule has 0 unspecified atom stereocenters. The number of aromatic nitrogens is 3. The standard InChI is InChI=1S/C14H17N5O/c20-13-14(2-5-15-6-3-14)4-8-18(13)11-1-7-19-12(9-11)10-16-17-19/h1,7,9-10,15H,2-6,8H2. The summed E-state index contributed by atoms with van der Waals surface area (Å²) in [5.41, 5.74) is 1.75. The molecule has 2 saturated heterocycles. The van der Waals surface area contributed by atoms with Crippen LogP contribution in [0.2, 0.25) is 0 Å². The fraction of sp³-hybridized carbons (Fsp3) is 0.500. The molecule has 20 heavy (non-hydrogen) atoms. The van der Waals surface area contributed by atoms with E-state index in [0.29, 0.717) is 0 Å². The molecule has 0 atom stereocenters. The Morgan fingerprint density at radius 3 is 2.95 bits per heavy atom. The highest BCUT2D eigenvalue weighted by atomic mass is 16.2. The number of carbonyl (C=O) groups excluding carboxylic acids is 1. The Morgan fingerprint density at radius 1 is 1.25 bits per heavy atom. The number of carbonyl (C=O) groups is 1. The SMILES string of the molecule is O=C1N(c2ccn3nncc3c2)CCC12CCNCC2. The van der Waals surface area contributed by atoms with Crippen LogP contribution in [0.4, 0.5) is 5.69 Å². The third-order valence-electron chi connectivity index (χ3n) is 4.67. The molecule has 104 valence electrons. The van der Waals surface area contributed by atoms with Crippen LogP contribution in [0.3, 0.4) is 0 Å². The molecule has 2 aliphatic heterocycles. The van der Waals surface area contributed by atoms with E-state index in [0.717, 1.165) is 50.1 Å². The maximum absolute atomic E-state index is 12.8. The molecule has 1 spiro atoms. The van der Waals surface area contributed by atoms with Crippen molar-refractivity contribution in [1.82, 2.24) is 20.1 Å². The van der Waals surface area contributed by atoms with Crippen molar-refractivity contribution in [2.75, 3.05) is 24.5 Å². The second kappa shape index (κ2) is 4.28. The highest BCUT2D eigenvalue weighted by Gasteiger charge is 2.47. The fourth-order valence-corrected chi connectivity index (χ4v) is 3.42. The van der Waals surface area contributed by atoms with Crippen molar-refractivity contribution in [1.29, 1.82) is 0 Å². The first-order valence-corrected chi connectivity index (χ1v) is 7.11. The van der Waals surface area contributed by atoms with Crippen LogP contribution in [0.1, 0.15) is 19.3 Å². The Hall–Kier alpha value is -1.95. The van der Waals surface area contributed by atoms with Crippen molar-refractivity contribution in [3.05, 3.63) is 24.5 Å². The smallest absolute Gasteiger partial charge is 0.233 e. The van der Waals surface area contributed by atoms with Crippen LogP contribution in [-0.2, 0) is 4.79 Å². The van der Waals surface area contributed by atoms with Crippen molar-refractivity contribution in [3.63, 3.8) is 0 Å². The summed E-state index contributed by atoms with van der Waals surface area (Å²) in [6.07, 6.45) is 6.45. The summed E-state index contributed by atoms with van der Waals surface area (Å²) >= 11 is 0. The maximum Gasteiger partial charge on any atom is 0.233 e. The highest BCUT2D eigenvalue weighted by molar-refractivity contribution is 6.00. The van der Waals surface area contributed by atoms with Crippen molar-refractivity contribution in [2.24, 2.45) is 5.41 Å². The highest BCUT2D eigenvalue weighted by Crippen LogP contribution is 2.41. The topological polar surface area (TPSA) is 62.5 Å². The van der Waals surface area contributed by atoms with Gasteiger partial charge in [-0.2, -0.15) is 0 Å². The molecule has 4 rings (SSSR count). The van der Waals surface area contributed by atoms with Crippen molar-refractivity contribution < 1.29 is 4.79 Å². The second-order valence-corrected chi connectivity index (χ2v) is 5.73. The lowest BCUT2D eigenvalue weighted by atomic mass is 9.78. The zero-order valence-electron chi connectivity index (χ0n) is 11.2. The van der Waals surface area contributed by atoms with E-state index in [4.69, 9.17) is 0 Å². The number of amides is 1. The zero-order valence-corrected chi connectivity index (χ0v) is 11.2. The molecule has 6 heteroatoms. The minimum Gasteiger partial charge on any atom is -0.317 e. The minimum atomic E-state index is -0.129. The Morgan fingerprint density at radius 2 is 2.10 bits per heavy atom. The van der Waals surface area contributed by atoms with E-state index in [-0.39, 0.29) is 11.3 Å². The van der Waals surface area contributed by atoms with Crippen LogP contribution < -0.4 is 10.2 Å². The molecular formula is C14H17N5O. The summed E-state index contributed by atoms with van der Waals surface area (Å²) in [6, 6.07) is 3.93. The Labute approximate surface area is 116 Å².